The summed E-state index contributed by atoms with van der Waals surface area (Å²) in [5, 5.41) is 17.6. The second-order valence-corrected chi connectivity index (χ2v) is 6.89. The first kappa shape index (κ1) is 19.3. The number of hydrogen-bond donors (Lipinski definition) is 1. The normalized spacial score (nSPS) is 15.3. The second-order valence-electron chi connectivity index (χ2n) is 6.48. The Morgan fingerprint density at radius 2 is 2.00 bits per heavy atom. The summed E-state index contributed by atoms with van der Waals surface area (Å²) in [4.78, 5) is 27.4. The Morgan fingerprint density at radius 3 is 2.63 bits per heavy atom. The molecule has 1 aliphatic rings. The van der Waals surface area contributed by atoms with E-state index in [9.17, 15) is 9.59 Å². The highest BCUT2D eigenvalue weighted by atomic mass is 35.5. The molecule has 1 saturated heterocycles. The van der Waals surface area contributed by atoms with E-state index in [4.69, 9.17) is 16.7 Å². The van der Waals surface area contributed by atoms with E-state index in [2.05, 4.69) is 10.3 Å². The van der Waals surface area contributed by atoms with Crippen LogP contribution in [0.2, 0.25) is 5.02 Å². The van der Waals surface area contributed by atoms with E-state index in [0.29, 0.717) is 30.3 Å². The average molecular weight is 392 g/mol. The molecule has 0 bridgehead atoms. The van der Waals surface area contributed by atoms with Gasteiger partial charge in [0, 0.05) is 19.1 Å². The van der Waals surface area contributed by atoms with Crippen molar-refractivity contribution in [2.75, 3.05) is 26.2 Å². The van der Waals surface area contributed by atoms with E-state index in [1.165, 1.54) is 4.68 Å². The molecule has 1 aromatic carbocycles. The maximum atomic E-state index is 12.7. The highest BCUT2D eigenvalue weighted by molar-refractivity contribution is 6.32. The number of para-hydroxylation sites is 1. The number of carboxylic acids is 1. The summed E-state index contributed by atoms with van der Waals surface area (Å²) in [7, 11) is 0. The molecule has 0 radical (unpaired) electrons. The summed E-state index contributed by atoms with van der Waals surface area (Å²) < 4.78 is 1.49. The van der Waals surface area contributed by atoms with E-state index < -0.39 is 5.97 Å². The molecule has 0 unspecified atom stereocenters. The van der Waals surface area contributed by atoms with Crippen LogP contribution in [0.15, 0.2) is 30.5 Å². The Labute approximate surface area is 162 Å². The summed E-state index contributed by atoms with van der Waals surface area (Å²) in [6.45, 7) is 3.79. The fourth-order valence-corrected chi connectivity index (χ4v) is 3.61. The number of piperidine rings is 1. The first-order valence-corrected chi connectivity index (χ1v) is 9.29. The number of likely N-dealkylation sites (tertiary alicyclic amines) is 1. The fourth-order valence-electron chi connectivity index (χ4n) is 3.39. The minimum absolute atomic E-state index is 0.0290. The van der Waals surface area contributed by atoms with E-state index in [1.54, 1.807) is 23.2 Å². The quantitative estimate of drug-likeness (QED) is 0.809. The predicted molar refractivity (Wildman–Crippen MR) is 100 cm³/mol. The molecule has 1 amide bonds. The van der Waals surface area contributed by atoms with Gasteiger partial charge in [-0.1, -0.05) is 35.9 Å². The number of aliphatic carboxylic acids is 1. The highest BCUT2D eigenvalue weighted by Gasteiger charge is 2.28. The first-order valence-electron chi connectivity index (χ1n) is 8.92. The molecule has 2 aromatic rings. The number of rotatable bonds is 6. The van der Waals surface area contributed by atoms with Crippen LogP contribution in [0.25, 0.3) is 5.69 Å². The first-order chi connectivity index (χ1) is 13.0. The molecule has 0 saturated carbocycles. The van der Waals surface area contributed by atoms with E-state index in [1.807, 2.05) is 24.0 Å². The summed E-state index contributed by atoms with van der Waals surface area (Å²) >= 11 is 6.16. The van der Waals surface area contributed by atoms with Crippen molar-refractivity contribution in [2.24, 2.45) is 0 Å². The lowest BCUT2D eigenvalue weighted by molar-refractivity contribution is -0.139. The molecule has 1 fully saturated rings. The number of carboxylic acid groups (broad SMARTS) is 1. The van der Waals surface area contributed by atoms with Crippen LogP contribution in [0.1, 0.15) is 30.3 Å². The number of hydrogen-bond acceptors (Lipinski definition) is 5. The van der Waals surface area contributed by atoms with Crippen LogP contribution >= 0.6 is 11.6 Å². The van der Waals surface area contributed by atoms with Gasteiger partial charge >= 0.3 is 5.97 Å². The van der Waals surface area contributed by atoms with Crippen LogP contribution in [0, 0.1) is 0 Å². The van der Waals surface area contributed by atoms with Crippen LogP contribution in [0.5, 0.6) is 0 Å². The topological polar surface area (TPSA) is 91.6 Å². The van der Waals surface area contributed by atoms with Gasteiger partial charge in [0.2, 0.25) is 0 Å². The summed E-state index contributed by atoms with van der Waals surface area (Å²) in [5.74, 6) is -1.00. The Kier molecular flexibility index (Phi) is 6.08. The van der Waals surface area contributed by atoms with Crippen LogP contribution in [-0.2, 0) is 4.79 Å². The number of halogens is 1. The summed E-state index contributed by atoms with van der Waals surface area (Å²) in [6, 6.07) is 7.39. The number of carbonyl (C=O) groups excluding carboxylic acids is 1. The van der Waals surface area contributed by atoms with Gasteiger partial charge < -0.3 is 10.0 Å². The van der Waals surface area contributed by atoms with Gasteiger partial charge in [-0.25, -0.2) is 4.68 Å². The van der Waals surface area contributed by atoms with Crippen molar-refractivity contribution in [2.45, 2.75) is 25.8 Å². The van der Waals surface area contributed by atoms with Crippen molar-refractivity contribution in [1.29, 1.82) is 0 Å². The van der Waals surface area contributed by atoms with Gasteiger partial charge in [0.15, 0.2) is 5.69 Å². The molecular weight excluding hydrogens is 370 g/mol. The Balaban J connectivity index is 1.63. The number of nitrogens with zero attached hydrogens (tertiary/aromatic N) is 5. The fraction of sp³-hybridized carbons (Fsp3) is 0.444. The minimum atomic E-state index is -0.827. The highest BCUT2D eigenvalue weighted by Crippen LogP contribution is 2.20. The van der Waals surface area contributed by atoms with Crippen LogP contribution in [-0.4, -0.2) is 74.0 Å². The average Bonchev–Trinajstić information content (AvgIpc) is 3.16. The van der Waals surface area contributed by atoms with E-state index in [0.717, 1.165) is 12.8 Å². The third-order valence-electron chi connectivity index (χ3n) is 4.82. The number of likely N-dealkylation sites (N-methyl/N-ethyl adjacent to an activating group) is 1. The minimum Gasteiger partial charge on any atom is -0.480 e. The molecule has 0 spiro atoms. The molecule has 1 aliphatic heterocycles. The Hall–Kier alpha value is -2.45. The molecule has 8 nitrogen and oxygen atoms in total. The molecule has 0 aliphatic carbocycles. The molecule has 0 atom stereocenters. The molecule has 1 aromatic heterocycles. The largest absolute Gasteiger partial charge is 0.480 e. The second kappa shape index (κ2) is 8.49. The van der Waals surface area contributed by atoms with Crippen molar-refractivity contribution >= 4 is 23.5 Å². The zero-order valence-corrected chi connectivity index (χ0v) is 15.8. The SMILES string of the molecule is CCN(CC(=O)O)C1CCN(C(=O)c2cn(-c3ccccc3Cl)nn2)CC1. The van der Waals surface area contributed by atoms with Gasteiger partial charge in [0.1, 0.15) is 0 Å². The smallest absolute Gasteiger partial charge is 0.317 e. The zero-order valence-electron chi connectivity index (χ0n) is 15.1. The number of carbonyl (C=O) groups is 2. The molecule has 3 rings (SSSR count). The lowest BCUT2D eigenvalue weighted by Gasteiger charge is -2.37. The Bertz CT molecular complexity index is 817. The monoisotopic (exact) mass is 391 g/mol. The lowest BCUT2D eigenvalue weighted by atomic mass is 10.0. The van der Waals surface area contributed by atoms with Crippen LogP contribution < -0.4 is 0 Å². The zero-order chi connectivity index (χ0) is 19.4. The molecule has 2 heterocycles. The van der Waals surface area contributed by atoms with Gasteiger partial charge in [0.05, 0.1) is 23.5 Å². The van der Waals surface area contributed by atoms with Crippen molar-refractivity contribution in [3.63, 3.8) is 0 Å². The third-order valence-corrected chi connectivity index (χ3v) is 5.14. The van der Waals surface area contributed by atoms with E-state index in [-0.39, 0.29) is 24.2 Å². The van der Waals surface area contributed by atoms with Gasteiger partial charge in [-0.05, 0) is 31.5 Å². The number of aromatic nitrogens is 3. The summed E-state index contributed by atoms with van der Waals surface area (Å²) in [5.41, 5.74) is 0.933. The van der Waals surface area contributed by atoms with E-state index >= 15 is 0 Å². The van der Waals surface area contributed by atoms with Crippen molar-refractivity contribution < 1.29 is 14.7 Å². The maximum Gasteiger partial charge on any atom is 0.317 e. The van der Waals surface area contributed by atoms with Gasteiger partial charge in [-0.3, -0.25) is 14.5 Å². The van der Waals surface area contributed by atoms with Gasteiger partial charge in [-0.2, -0.15) is 0 Å². The standard InChI is InChI=1S/C18H22ClN5O3/c1-2-22(12-17(25)26)13-7-9-23(10-8-13)18(27)15-11-24(21-20-15)16-6-4-3-5-14(16)19/h3-6,11,13H,2,7-10,12H2,1H3,(H,25,26). The molecule has 9 heteroatoms. The van der Waals surface area contributed by atoms with Gasteiger partial charge in [0.25, 0.3) is 5.91 Å². The predicted octanol–water partition coefficient (Wildman–Crippen LogP) is 1.93. The van der Waals surface area contributed by atoms with Crippen LogP contribution in [0.3, 0.4) is 0 Å². The van der Waals surface area contributed by atoms with Gasteiger partial charge in [-0.15, -0.1) is 5.10 Å². The number of benzene rings is 1. The number of amides is 1. The lowest BCUT2D eigenvalue weighted by Crippen LogP contribution is -2.48. The molecular formula is C18H22ClN5O3. The Morgan fingerprint density at radius 1 is 1.30 bits per heavy atom. The molecule has 144 valence electrons. The van der Waals surface area contributed by atoms with Crippen LogP contribution in [0.4, 0.5) is 0 Å². The molecule has 27 heavy (non-hydrogen) atoms. The maximum absolute atomic E-state index is 12.7. The third kappa shape index (κ3) is 4.45. The van der Waals surface area contributed by atoms with Crippen molar-refractivity contribution in [3.8, 4) is 5.69 Å². The van der Waals surface area contributed by atoms with Crippen molar-refractivity contribution in [1.82, 2.24) is 24.8 Å². The molecule has 1 N–H and O–H groups in total. The summed E-state index contributed by atoms with van der Waals surface area (Å²) in [6.07, 6.45) is 3.06. The van der Waals surface area contributed by atoms with Crippen molar-refractivity contribution in [3.05, 3.63) is 41.2 Å².